The van der Waals surface area contributed by atoms with Crippen LogP contribution in [0.1, 0.15) is 40.0 Å². The van der Waals surface area contributed by atoms with E-state index in [1.54, 1.807) is 6.08 Å². The van der Waals surface area contributed by atoms with E-state index in [2.05, 4.69) is 31.8 Å². The Balaban J connectivity index is 2.54. The second-order valence-corrected chi connectivity index (χ2v) is 6.99. The van der Waals surface area contributed by atoms with Crippen molar-refractivity contribution in [2.24, 2.45) is 16.7 Å². The van der Waals surface area contributed by atoms with E-state index in [9.17, 15) is 10.1 Å². The maximum Gasteiger partial charge on any atom is 0.161 e. The van der Waals surface area contributed by atoms with Crippen LogP contribution in [0.4, 0.5) is 0 Å². The van der Waals surface area contributed by atoms with Crippen molar-refractivity contribution in [2.75, 3.05) is 0 Å². The summed E-state index contributed by atoms with van der Waals surface area (Å²) < 4.78 is 0. The second-order valence-electron chi connectivity index (χ2n) is 6.58. The Morgan fingerprint density at radius 1 is 1.55 bits per heavy atom. The van der Waals surface area contributed by atoms with Gasteiger partial charge in [0.1, 0.15) is 10.4 Å². The zero-order valence-electron chi connectivity index (χ0n) is 12.2. The molecule has 2 aliphatic rings. The van der Waals surface area contributed by atoms with Crippen LogP contribution in [0, 0.1) is 28.1 Å². The van der Waals surface area contributed by atoms with E-state index in [1.165, 1.54) is 0 Å². The van der Waals surface area contributed by atoms with Gasteiger partial charge in [0.25, 0.3) is 0 Å². The van der Waals surface area contributed by atoms with Gasteiger partial charge < -0.3 is 5.32 Å². The normalized spacial score (nSPS) is 32.2. The first-order chi connectivity index (χ1) is 9.27. The minimum atomic E-state index is -0.840. The topological polar surface area (TPSA) is 52.9 Å². The van der Waals surface area contributed by atoms with Crippen molar-refractivity contribution in [3.05, 3.63) is 23.9 Å². The van der Waals surface area contributed by atoms with Gasteiger partial charge in [-0.25, -0.2) is 0 Å². The van der Waals surface area contributed by atoms with E-state index in [-0.39, 0.29) is 17.1 Å². The molecule has 0 fully saturated rings. The highest BCUT2D eigenvalue weighted by atomic mass is 32.1. The summed E-state index contributed by atoms with van der Waals surface area (Å²) in [6.45, 7) is 9.83. The van der Waals surface area contributed by atoms with Crippen molar-refractivity contribution in [1.82, 2.24) is 5.32 Å². The van der Waals surface area contributed by atoms with E-state index >= 15 is 0 Å². The summed E-state index contributed by atoms with van der Waals surface area (Å²) in [4.78, 5) is 13.0. The van der Waals surface area contributed by atoms with Crippen molar-refractivity contribution >= 4 is 23.0 Å². The van der Waals surface area contributed by atoms with E-state index < -0.39 is 5.41 Å². The number of Topliss-reactive ketones (excluding diaryl/α,β-unsaturated/α-hetero) is 1. The molecule has 1 aliphatic carbocycles. The van der Waals surface area contributed by atoms with E-state index in [1.807, 2.05) is 6.92 Å². The molecule has 0 aromatic carbocycles. The number of nitrogens with one attached hydrogen (secondary N) is 1. The number of carbonyl (C=O) groups excluding carboxylic acids is 1. The van der Waals surface area contributed by atoms with Gasteiger partial charge in [0.15, 0.2) is 5.78 Å². The zero-order chi connectivity index (χ0) is 15.1. The molecule has 1 N–H and O–H groups in total. The van der Waals surface area contributed by atoms with Crippen molar-refractivity contribution in [3.63, 3.8) is 0 Å². The molecule has 2 rings (SSSR count). The molecule has 3 nitrogen and oxygen atoms in total. The minimum Gasteiger partial charge on any atom is -0.352 e. The third kappa shape index (κ3) is 2.10. The monoisotopic (exact) mass is 288 g/mol. The Hall–Kier alpha value is -1.47. The summed E-state index contributed by atoms with van der Waals surface area (Å²) in [7, 11) is 0. The molecule has 0 radical (unpaired) electrons. The fourth-order valence-electron chi connectivity index (χ4n) is 3.33. The van der Waals surface area contributed by atoms with E-state index in [4.69, 9.17) is 12.2 Å². The molecule has 0 amide bonds. The molecule has 0 spiro atoms. The van der Waals surface area contributed by atoms with Gasteiger partial charge in [0, 0.05) is 23.6 Å². The number of allylic oxidation sites excluding steroid dienone is 3. The average molecular weight is 288 g/mol. The lowest BCUT2D eigenvalue weighted by Gasteiger charge is -2.44. The molecule has 0 aromatic heterocycles. The van der Waals surface area contributed by atoms with Crippen LogP contribution in [0.25, 0.3) is 0 Å². The predicted molar refractivity (Wildman–Crippen MR) is 82.8 cm³/mol. The largest absolute Gasteiger partial charge is 0.352 e. The van der Waals surface area contributed by atoms with Crippen LogP contribution in [-0.2, 0) is 4.79 Å². The van der Waals surface area contributed by atoms with Gasteiger partial charge in [-0.15, -0.1) is 6.58 Å². The highest BCUT2D eigenvalue weighted by Gasteiger charge is 2.50. The number of ketones is 1. The molecule has 0 unspecified atom stereocenters. The lowest BCUT2D eigenvalue weighted by atomic mass is 9.63. The maximum absolute atomic E-state index is 12.5. The third-order valence-electron chi connectivity index (χ3n) is 4.43. The smallest absolute Gasteiger partial charge is 0.161 e. The summed E-state index contributed by atoms with van der Waals surface area (Å²) in [5.74, 6) is -0.0414. The van der Waals surface area contributed by atoms with Gasteiger partial charge in [-0.05, 0) is 18.3 Å². The second kappa shape index (κ2) is 4.82. The summed E-state index contributed by atoms with van der Waals surface area (Å²) in [6, 6.07) is 2.33. The molecule has 106 valence electrons. The molecule has 0 saturated carbocycles. The quantitative estimate of drug-likeness (QED) is 0.626. The number of nitrogens with zero attached hydrogens (tertiary/aromatic N) is 1. The zero-order valence-corrected chi connectivity index (χ0v) is 13.1. The molecule has 0 aromatic rings. The lowest BCUT2D eigenvalue weighted by molar-refractivity contribution is -0.119. The van der Waals surface area contributed by atoms with Crippen LogP contribution < -0.4 is 5.32 Å². The van der Waals surface area contributed by atoms with Gasteiger partial charge in [0.05, 0.1) is 6.07 Å². The number of carbonyl (C=O) groups is 1. The first kappa shape index (κ1) is 14.9. The third-order valence-corrected chi connectivity index (χ3v) is 4.89. The Bertz CT molecular complexity index is 568. The maximum atomic E-state index is 12.5. The highest BCUT2D eigenvalue weighted by Crippen LogP contribution is 2.47. The van der Waals surface area contributed by atoms with Crippen LogP contribution in [0.3, 0.4) is 0 Å². The van der Waals surface area contributed by atoms with Gasteiger partial charge in [0.2, 0.25) is 0 Å². The molecule has 20 heavy (non-hydrogen) atoms. The summed E-state index contributed by atoms with van der Waals surface area (Å²) in [6.07, 6.45) is 3.49. The van der Waals surface area contributed by atoms with Crippen LogP contribution >= 0.6 is 12.2 Å². The van der Waals surface area contributed by atoms with E-state index in [0.717, 1.165) is 17.7 Å². The number of rotatable bonds is 2. The summed E-state index contributed by atoms with van der Waals surface area (Å²) in [5.41, 5.74) is 0.788. The Morgan fingerprint density at radius 2 is 2.20 bits per heavy atom. The van der Waals surface area contributed by atoms with Crippen LogP contribution in [-0.4, -0.2) is 10.8 Å². The number of nitriles is 1. The van der Waals surface area contributed by atoms with Crippen molar-refractivity contribution < 1.29 is 4.79 Å². The average Bonchev–Trinajstić information content (AvgIpc) is 2.32. The summed E-state index contributed by atoms with van der Waals surface area (Å²) >= 11 is 5.44. The molecule has 1 heterocycles. The van der Waals surface area contributed by atoms with Gasteiger partial charge in [-0.2, -0.15) is 5.26 Å². The van der Waals surface area contributed by atoms with Gasteiger partial charge >= 0.3 is 0 Å². The lowest BCUT2D eigenvalue weighted by Crippen LogP contribution is -2.51. The minimum absolute atomic E-state index is 0.0523. The first-order valence-electron chi connectivity index (χ1n) is 6.87. The number of hydrogen-bond acceptors (Lipinski definition) is 3. The van der Waals surface area contributed by atoms with Gasteiger partial charge in [-0.3, -0.25) is 4.79 Å². The van der Waals surface area contributed by atoms with Crippen molar-refractivity contribution in [3.8, 4) is 6.07 Å². The highest BCUT2D eigenvalue weighted by molar-refractivity contribution is 7.80. The molecule has 1 aliphatic heterocycles. The Morgan fingerprint density at radius 3 is 2.75 bits per heavy atom. The van der Waals surface area contributed by atoms with Crippen molar-refractivity contribution in [2.45, 2.75) is 40.0 Å². The fraction of sp³-hybridized carbons (Fsp3) is 0.562. The molecule has 2 atom stereocenters. The Labute approximate surface area is 125 Å². The molecular formula is C16H20N2OS. The van der Waals surface area contributed by atoms with Crippen LogP contribution in [0.2, 0.25) is 0 Å². The Kier molecular flexibility index (Phi) is 3.60. The number of hydrogen-bond donors (Lipinski definition) is 1. The van der Waals surface area contributed by atoms with E-state index in [0.29, 0.717) is 17.8 Å². The van der Waals surface area contributed by atoms with Crippen LogP contribution in [0.5, 0.6) is 0 Å². The van der Waals surface area contributed by atoms with Crippen molar-refractivity contribution in [1.29, 1.82) is 5.26 Å². The molecular weight excluding hydrogens is 268 g/mol. The fourth-order valence-corrected chi connectivity index (χ4v) is 3.76. The van der Waals surface area contributed by atoms with Gasteiger partial charge in [-0.1, -0.05) is 39.1 Å². The van der Waals surface area contributed by atoms with Crippen LogP contribution in [0.15, 0.2) is 23.9 Å². The summed E-state index contributed by atoms with van der Waals surface area (Å²) in [5, 5.41) is 12.8. The standard InChI is InChI=1S/C16H20N2OS/c1-5-6-16(9-17)10(2)13-11(18-14(16)20)7-15(3,4)8-12(13)19/h5,10H,1,6-8H2,2-4H3,(H,18,20)/t10-,16+/m1/s1. The first-order valence-corrected chi connectivity index (χ1v) is 7.28. The molecule has 0 bridgehead atoms. The number of thiocarbonyl (C=S) groups is 1. The predicted octanol–water partition coefficient (Wildman–Crippen LogP) is 3.28. The molecule has 0 saturated heterocycles. The SMILES string of the molecule is C=CC[C@@]1(C#N)C(=S)NC2=C(C(=O)CC(C)(C)C2)[C@H]1C. The molecule has 4 heteroatoms.